The number of aromatic amines is 2. The molecular formula is C40H46N6O4. The minimum Gasteiger partial charge on any atom is -0.444 e. The van der Waals surface area contributed by atoms with Crippen LogP contribution in [0.15, 0.2) is 73.1 Å². The van der Waals surface area contributed by atoms with Gasteiger partial charge in [-0.25, -0.2) is 19.6 Å². The molecule has 0 spiro atoms. The van der Waals surface area contributed by atoms with Gasteiger partial charge in [-0.3, -0.25) is 9.80 Å². The molecule has 4 heterocycles. The van der Waals surface area contributed by atoms with Crippen LogP contribution in [0.2, 0.25) is 0 Å². The summed E-state index contributed by atoms with van der Waals surface area (Å²) in [5.74, 6) is 1.57. The molecule has 0 saturated carbocycles. The summed E-state index contributed by atoms with van der Waals surface area (Å²) in [6.07, 6.45) is 6.65. The number of aromatic nitrogens is 4. The number of fused-ring (bicyclic) bond motifs is 1. The third-order valence-electron chi connectivity index (χ3n) is 9.26. The van der Waals surface area contributed by atoms with Crippen molar-refractivity contribution in [2.24, 2.45) is 0 Å². The summed E-state index contributed by atoms with van der Waals surface area (Å²) in [7, 11) is 0. The molecule has 2 aromatic heterocycles. The topological polar surface area (TPSA) is 116 Å². The molecule has 50 heavy (non-hydrogen) atoms. The van der Waals surface area contributed by atoms with Crippen molar-refractivity contribution >= 4 is 23.0 Å². The highest BCUT2D eigenvalue weighted by Crippen LogP contribution is 2.35. The fourth-order valence-electron chi connectivity index (χ4n) is 6.92. The van der Waals surface area contributed by atoms with Gasteiger partial charge in [-0.15, -0.1) is 0 Å². The fraction of sp³-hybridized carbons (Fsp3) is 0.400. The van der Waals surface area contributed by atoms with Crippen LogP contribution in [-0.2, 0) is 9.47 Å². The van der Waals surface area contributed by atoms with E-state index in [1.807, 2.05) is 53.9 Å². The van der Waals surface area contributed by atoms with Gasteiger partial charge in [-0.1, -0.05) is 48.5 Å². The molecule has 7 rings (SSSR count). The predicted octanol–water partition coefficient (Wildman–Crippen LogP) is 9.43. The highest BCUT2D eigenvalue weighted by Gasteiger charge is 2.36. The minimum absolute atomic E-state index is 0.117. The number of carbonyl (C=O) groups excluding carboxylic acids is 2. The van der Waals surface area contributed by atoms with E-state index in [1.54, 1.807) is 9.80 Å². The first kappa shape index (κ1) is 33.4. The minimum atomic E-state index is -0.539. The number of amides is 2. The zero-order valence-electron chi connectivity index (χ0n) is 29.7. The van der Waals surface area contributed by atoms with Gasteiger partial charge in [0, 0.05) is 18.7 Å². The Kier molecular flexibility index (Phi) is 8.66. The van der Waals surface area contributed by atoms with Gasteiger partial charge >= 0.3 is 12.2 Å². The average Bonchev–Trinajstić information content (AvgIpc) is 3.88. The largest absolute Gasteiger partial charge is 0.444 e. The van der Waals surface area contributed by atoms with Crippen molar-refractivity contribution in [3.63, 3.8) is 0 Å². The number of hydrogen-bond acceptors (Lipinski definition) is 6. The summed E-state index contributed by atoms with van der Waals surface area (Å²) in [6.45, 7) is 12.6. The first-order valence-electron chi connectivity index (χ1n) is 17.6. The summed E-state index contributed by atoms with van der Waals surface area (Å²) in [5.41, 5.74) is 5.09. The van der Waals surface area contributed by atoms with E-state index in [0.717, 1.165) is 81.7 Å². The lowest BCUT2D eigenvalue weighted by Crippen LogP contribution is -2.36. The highest BCUT2D eigenvalue weighted by molar-refractivity contribution is 5.90. The van der Waals surface area contributed by atoms with Crippen LogP contribution in [0.1, 0.15) is 91.0 Å². The lowest BCUT2D eigenvalue weighted by atomic mass is 9.98. The summed E-state index contributed by atoms with van der Waals surface area (Å²) in [4.78, 5) is 45.5. The highest BCUT2D eigenvalue weighted by atomic mass is 16.6. The number of rotatable bonds is 5. The van der Waals surface area contributed by atoms with E-state index in [2.05, 4.69) is 80.6 Å². The second-order valence-corrected chi connectivity index (χ2v) is 15.4. The molecule has 2 N–H and O–H groups in total. The summed E-state index contributed by atoms with van der Waals surface area (Å²) < 4.78 is 11.3. The number of nitrogens with zero attached hydrogens (tertiary/aromatic N) is 4. The van der Waals surface area contributed by atoms with E-state index in [0.29, 0.717) is 13.1 Å². The number of likely N-dealkylation sites (tertiary alicyclic amines) is 2. The Morgan fingerprint density at radius 3 is 1.54 bits per heavy atom. The van der Waals surface area contributed by atoms with Crippen LogP contribution in [0.3, 0.4) is 0 Å². The summed E-state index contributed by atoms with van der Waals surface area (Å²) in [5, 5.41) is 2.28. The van der Waals surface area contributed by atoms with Crippen LogP contribution >= 0.6 is 0 Å². The van der Waals surface area contributed by atoms with Crippen LogP contribution in [-0.4, -0.2) is 66.2 Å². The Morgan fingerprint density at radius 1 is 0.620 bits per heavy atom. The van der Waals surface area contributed by atoms with Gasteiger partial charge in [0.1, 0.15) is 22.9 Å². The Balaban J connectivity index is 1.04. The third-order valence-corrected chi connectivity index (χ3v) is 9.26. The van der Waals surface area contributed by atoms with Gasteiger partial charge < -0.3 is 19.4 Å². The van der Waals surface area contributed by atoms with Gasteiger partial charge in [0.05, 0.1) is 35.9 Å². The maximum Gasteiger partial charge on any atom is 0.410 e. The molecule has 2 aliphatic heterocycles. The first-order chi connectivity index (χ1) is 23.8. The number of carbonyl (C=O) groups is 2. The van der Waals surface area contributed by atoms with E-state index in [9.17, 15) is 9.59 Å². The molecule has 10 heteroatoms. The Bertz CT molecular complexity index is 2020. The molecule has 2 fully saturated rings. The van der Waals surface area contributed by atoms with Crippen LogP contribution in [0.25, 0.3) is 44.4 Å². The summed E-state index contributed by atoms with van der Waals surface area (Å²) in [6, 6.07) is 21.2. The molecule has 2 saturated heterocycles. The van der Waals surface area contributed by atoms with Crippen LogP contribution < -0.4 is 0 Å². The second kappa shape index (κ2) is 13.0. The van der Waals surface area contributed by atoms with E-state index in [4.69, 9.17) is 9.47 Å². The summed E-state index contributed by atoms with van der Waals surface area (Å²) >= 11 is 0. The maximum absolute atomic E-state index is 12.8. The first-order valence-corrected chi connectivity index (χ1v) is 17.6. The molecule has 2 unspecified atom stereocenters. The Hall–Kier alpha value is -5.12. The van der Waals surface area contributed by atoms with Gasteiger partial charge in [-0.2, -0.15) is 0 Å². The SMILES string of the molecule is CC(C)(C)OC(=O)N1CCCC1c1ncc(-c2ccc(-c3ccc4cc(-c5cnc(C6CCCN6C(=O)OC(C)(C)C)[nH]5)ccc4c3)cc2)[nH]1. The lowest BCUT2D eigenvalue weighted by molar-refractivity contribution is 0.0208. The number of hydrogen-bond donors (Lipinski definition) is 2. The Labute approximate surface area is 293 Å². The van der Waals surface area contributed by atoms with Gasteiger partial charge in [0.2, 0.25) is 0 Å². The van der Waals surface area contributed by atoms with Crippen molar-refractivity contribution in [2.75, 3.05) is 13.1 Å². The van der Waals surface area contributed by atoms with Crippen LogP contribution in [0.5, 0.6) is 0 Å². The van der Waals surface area contributed by atoms with Gasteiger partial charge in [0.25, 0.3) is 0 Å². The smallest absolute Gasteiger partial charge is 0.410 e. The molecule has 0 radical (unpaired) electrons. The van der Waals surface area contributed by atoms with E-state index >= 15 is 0 Å². The Morgan fingerprint density at radius 2 is 1.04 bits per heavy atom. The predicted molar refractivity (Wildman–Crippen MR) is 194 cm³/mol. The zero-order chi connectivity index (χ0) is 35.2. The molecule has 2 aliphatic rings. The van der Waals surface area contributed by atoms with Gasteiger partial charge in [0.15, 0.2) is 0 Å². The van der Waals surface area contributed by atoms with E-state index in [1.165, 1.54) is 0 Å². The van der Waals surface area contributed by atoms with Crippen LogP contribution in [0, 0.1) is 0 Å². The van der Waals surface area contributed by atoms with E-state index < -0.39 is 11.2 Å². The lowest BCUT2D eigenvalue weighted by Gasteiger charge is -2.27. The maximum atomic E-state index is 12.8. The average molecular weight is 675 g/mol. The zero-order valence-corrected chi connectivity index (χ0v) is 29.7. The molecular weight excluding hydrogens is 628 g/mol. The normalized spacial score (nSPS) is 18.2. The molecule has 5 aromatic rings. The van der Waals surface area contributed by atoms with Crippen LogP contribution in [0.4, 0.5) is 9.59 Å². The van der Waals surface area contributed by atoms with Crippen molar-refractivity contribution in [3.8, 4) is 33.6 Å². The second-order valence-electron chi connectivity index (χ2n) is 15.4. The number of ether oxygens (including phenoxy) is 2. The molecule has 10 nitrogen and oxygen atoms in total. The fourth-order valence-corrected chi connectivity index (χ4v) is 6.92. The van der Waals surface area contributed by atoms with E-state index in [-0.39, 0.29) is 24.3 Å². The number of nitrogens with one attached hydrogen (secondary N) is 2. The molecule has 0 aliphatic carbocycles. The van der Waals surface area contributed by atoms with Crippen molar-refractivity contribution in [1.82, 2.24) is 29.7 Å². The standard InChI is InChI=1S/C40H46N6O4/c1-39(2,3)49-37(47)45-19-7-9-33(45)35-41-23-31(43-35)26-13-11-25(12-14-26)27-15-16-29-22-30(18-17-28(29)21-27)32-24-42-36(44-32)34-10-8-20-46(34)38(48)50-40(4,5)6/h11-18,21-24,33-34H,7-10,19-20H2,1-6H3,(H,41,43)(H,42,44). The molecule has 3 aromatic carbocycles. The number of benzene rings is 3. The molecule has 2 amide bonds. The van der Waals surface area contributed by atoms with Crippen molar-refractivity contribution in [3.05, 3.63) is 84.7 Å². The third kappa shape index (κ3) is 7.11. The van der Waals surface area contributed by atoms with Crippen molar-refractivity contribution in [2.45, 2.75) is 90.5 Å². The number of H-pyrrole nitrogens is 2. The molecule has 2 atom stereocenters. The number of imidazole rings is 2. The quantitative estimate of drug-likeness (QED) is 0.192. The molecule has 260 valence electrons. The van der Waals surface area contributed by atoms with Gasteiger partial charge in [-0.05, 0) is 107 Å². The monoisotopic (exact) mass is 674 g/mol. The van der Waals surface area contributed by atoms with Crippen molar-refractivity contribution in [1.29, 1.82) is 0 Å². The molecule has 0 bridgehead atoms. The van der Waals surface area contributed by atoms with Crippen molar-refractivity contribution < 1.29 is 19.1 Å².